The minimum atomic E-state index is 0.191. The van der Waals surface area contributed by atoms with Crippen LogP contribution in [0.3, 0.4) is 0 Å². The van der Waals surface area contributed by atoms with E-state index in [4.69, 9.17) is 5.84 Å². The van der Waals surface area contributed by atoms with Crippen molar-refractivity contribution in [2.45, 2.75) is 51.5 Å². The summed E-state index contributed by atoms with van der Waals surface area (Å²) in [5, 5.41) is 0. The Labute approximate surface area is 126 Å². The molecule has 114 valence electrons. The van der Waals surface area contributed by atoms with Gasteiger partial charge in [0.2, 0.25) is 0 Å². The van der Waals surface area contributed by atoms with Gasteiger partial charge < -0.3 is 10.3 Å². The van der Waals surface area contributed by atoms with Gasteiger partial charge in [0.15, 0.2) is 0 Å². The summed E-state index contributed by atoms with van der Waals surface area (Å²) < 4.78 is 0. The van der Waals surface area contributed by atoms with Crippen molar-refractivity contribution in [2.75, 3.05) is 12.0 Å². The minimum absolute atomic E-state index is 0.191. The Balaban J connectivity index is 1.78. The Bertz CT molecular complexity index is 523. The quantitative estimate of drug-likeness (QED) is 0.663. The number of nitrogen functional groups attached to an aromatic ring is 1. The molecule has 21 heavy (non-hydrogen) atoms. The Hall–Kier alpha value is -1.55. The predicted molar refractivity (Wildman–Crippen MR) is 85.0 cm³/mol. The van der Waals surface area contributed by atoms with Crippen LogP contribution in [0.25, 0.3) is 0 Å². The standard InChI is InChI=1S/C17H25N3O/c1-12-11-14(8-9-15(12)19-18)17(21)20-10-4-7-16(20)13-5-2-3-6-13/h8-9,11,13,16,19H,2-7,10,18H2,1H3. The predicted octanol–water partition coefficient (Wildman–Crippen LogP) is 3.08. The van der Waals surface area contributed by atoms with Crippen LogP contribution < -0.4 is 11.3 Å². The largest absolute Gasteiger partial charge is 0.335 e. The summed E-state index contributed by atoms with van der Waals surface area (Å²) in [4.78, 5) is 15.0. The van der Waals surface area contributed by atoms with E-state index < -0.39 is 0 Å². The molecule has 1 heterocycles. The van der Waals surface area contributed by atoms with Crippen LogP contribution in [0, 0.1) is 12.8 Å². The first-order valence-corrected chi connectivity index (χ1v) is 8.09. The molecular formula is C17H25N3O. The molecule has 1 amide bonds. The number of hydrazine groups is 1. The third-order valence-electron chi connectivity index (χ3n) is 5.13. The number of carbonyl (C=O) groups is 1. The van der Waals surface area contributed by atoms with Gasteiger partial charge in [0.05, 0.1) is 5.69 Å². The molecule has 1 aromatic rings. The highest BCUT2D eigenvalue weighted by atomic mass is 16.2. The lowest BCUT2D eigenvalue weighted by atomic mass is 9.95. The van der Waals surface area contributed by atoms with E-state index in [0.29, 0.717) is 6.04 Å². The third kappa shape index (κ3) is 2.77. The Morgan fingerprint density at radius 2 is 2.00 bits per heavy atom. The van der Waals surface area contributed by atoms with Crippen LogP contribution in [0.4, 0.5) is 5.69 Å². The van der Waals surface area contributed by atoms with E-state index in [2.05, 4.69) is 10.3 Å². The van der Waals surface area contributed by atoms with Crippen LogP contribution in [0.1, 0.15) is 54.4 Å². The second-order valence-electron chi connectivity index (χ2n) is 6.43. The third-order valence-corrected chi connectivity index (χ3v) is 5.13. The summed E-state index contributed by atoms with van der Waals surface area (Å²) in [6, 6.07) is 6.19. The van der Waals surface area contributed by atoms with Crippen molar-refractivity contribution in [3.63, 3.8) is 0 Å². The van der Waals surface area contributed by atoms with E-state index >= 15 is 0 Å². The first kappa shape index (κ1) is 14.4. The number of amides is 1. The number of likely N-dealkylation sites (tertiary alicyclic amines) is 1. The van der Waals surface area contributed by atoms with E-state index in [1.54, 1.807) is 0 Å². The number of nitrogens with two attached hydrogens (primary N) is 1. The average Bonchev–Trinajstić information content (AvgIpc) is 3.16. The number of nitrogens with one attached hydrogen (secondary N) is 1. The second kappa shape index (κ2) is 6.06. The molecule has 1 saturated heterocycles. The van der Waals surface area contributed by atoms with E-state index in [9.17, 15) is 4.79 Å². The molecule has 3 rings (SSSR count). The molecule has 4 nitrogen and oxygen atoms in total. The summed E-state index contributed by atoms with van der Waals surface area (Å²) in [7, 11) is 0. The molecule has 2 aliphatic rings. The van der Waals surface area contributed by atoms with E-state index in [-0.39, 0.29) is 5.91 Å². The lowest BCUT2D eigenvalue weighted by Gasteiger charge is -2.29. The van der Waals surface area contributed by atoms with Crippen LogP contribution in [0.15, 0.2) is 18.2 Å². The Morgan fingerprint density at radius 1 is 1.24 bits per heavy atom. The SMILES string of the molecule is Cc1cc(C(=O)N2CCCC2C2CCCC2)ccc1NN. The number of benzene rings is 1. The number of aryl methyl sites for hydroxylation is 1. The van der Waals surface area contributed by atoms with Crippen LogP contribution in [-0.2, 0) is 0 Å². The molecule has 3 N–H and O–H groups in total. The number of rotatable bonds is 3. The van der Waals surface area contributed by atoms with E-state index in [1.165, 1.54) is 32.1 Å². The number of hydrogen-bond acceptors (Lipinski definition) is 3. The molecule has 1 atom stereocenters. The van der Waals surface area contributed by atoms with Crippen molar-refractivity contribution in [3.05, 3.63) is 29.3 Å². The first-order chi connectivity index (χ1) is 10.2. The fourth-order valence-electron chi connectivity index (χ4n) is 4.00. The maximum absolute atomic E-state index is 12.8. The zero-order chi connectivity index (χ0) is 14.8. The van der Waals surface area contributed by atoms with Crippen LogP contribution in [0.5, 0.6) is 0 Å². The molecule has 0 bridgehead atoms. The van der Waals surface area contributed by atoms with Crippen molar-refractivity contribution in [1.29, 1.82) is 0 Å². The van der Waals surface area contributed by atoms with Crippen molar-refractivity contribution in [2.24, 2.45) is 11.8 Å². The minimum Gasteiger partial charge on any atom is -0.335 e. The smallest absolute Gasteiger partial charge is 0.254 e. The van der Waals surface area contributed by atoms with Crippen molar-refractivity contribution in [3.8, 4) is 0 Å². The topological polar surface area (TPSA) is 58.4 Å². The fourth-order valence-corrected chi connectivity index (χ4v) is 4.00. The molecular weight excluding hydrogens is 262 g/mol. The van der Waals surface area contributed by atoms with Gasteiger partial charge in [-0.3, -0.25) is 10.6 Å². The van der Waals surface area contributed by atoms with Crippen LogP contribution in [0.2, 0.25) is 0 Å². The average molecular weight is 287 g/mol. The molecule has 1 aliphatic heterocycles. The maximum Gasteiger partial charge on any atom is 0.254 e. The monoisotopic (exact) mass is 287 g/mol. The van der Waals surface area contributed by atoms with E-state index in [1.807, 2.05) is 25.1 Å². The molecule has 2 fully saturated rings. The van der Waals surface area contributed by atoms with Gasteiger partial charge in [-0.05, 0) is 62.3 Å². The highest BCUT2D eigenvalue weighted by molar-refractivity contribution is 5.95. The van der Waals surface area contributed by atoms with Crippen molar-refractivity contribution >= 4 is 11.6 Å². The number of nitrogens with zero attached hydrogens (tertiary/aromatic N) is 1. The molecule has 1 aliphatic carbocycles. The summed E-state index contributed by atoms with van der Waals surface area (Å²) in [5.74, 6) is 6.37. The van der Waals surface area contributed by atoms with Gasteiger partial charge in [-0.2, -0.15) is 0 Å². The second-order valence-corrected chi connectivity index (χ2v) is 6.43. The van der Waals surface area contributed by atoms with Gasteiger partial charge in [0.1, 0.15) is 0 Å². The highest BCUT2D eigenvalue weighted by Gasteiger charge is 2.36. The molecule has 0 aromatic heterocycles. The highest BCUT2D eigenvalue weighted by Crippen LogP contribution is 2.36. The molecule has 1 saturated carbocycles. The molecule has 4 heteroatoms. The normalized spacial score (nSPS) is 22.8. The summed E-state index contributed by atoms with van der Waals surface area (Å²) in [6.07, 6.45) is 7.58. The van der Waals surface area contributed by atoms with E-state index in [0.717, 1.165) is 35.7 Å². The molecule has 1 unspecified atom stereocenters. The van der Waals surface area contributed by atoms with Gasteiger partial charge in [-0.1, -0.05) is 12.8 Å². The van der Waals surface area contributed by atoms with Crippen LogP contribution in [-0.4, -0.2) is 23.4 Å². The number of carbonyl (C=O) groups excluding carboxylic acids is 1. The summed E-state index contributed by atoms with van der Waals surface area (Å²) in [5.41, 5.74) is 5.34. The zero-order valence-electron chi connectivity index (χ0n) is 12.8. The summed E-state index contributed by atoms with van der Waals surface area (Å²) >= 11 is 0. The zero-order valence-corrected chi connectivity index (χ0v) is 12.8. The lowest BCUT2D eigenvalue weighted by molar-refractivity contribution is 0.0689. The first-order valence-electron chi connectivity index (χ1n) is 8.09. The van der Waals surface area contributed by atoms with Gasteiger partial charge in [-0.25, -0.2) is 0 Å². The molecule has 0 spiro atoms. The van der Waals surface area contributed by atoms with Crippen LogP contribution >= 0.6 is 0 Å². The molecule has 1 aromatic carbocycles. The maximum atomic E-state index is 12.8. The summed E-state index contributed by atoms with van der Waals surface area (Å²) in [6.45, 7) is 2.89. The van der Waals surface area contributed by atoms with Gasteiger partial charge >= 0.3 is 0 Å². The van der Waals surface area contributed by atoms with Gasteiger partial charge in [-0.15, -0.1) is 0 Å². The number of anilines is 1. The Morgan fingerprint density at radius 3 is 2.67 bits per heavy atom. The lowest BCUT2D eigenvalue weighted by Crippen LogP contribution is -2.39. The van der Waals surface area contributed by atoms with Crippen molar-refractivity contribution in [1.82, 2.24) is 4.90 Å². The van der Waals surface area contributed by atoms with Crippen molar-refractivity contribution < 1.29 is 4.79 Å². The van der Waals surface area contributed by atoms with Gasteiger partial charge in [0.25, 0.3) is 5.91 Å². The van der Waals surface area contributed by atoms with Gasteiger partial charge in [0, 0.05) is 18.2 Å². The fraction of sp³-hybridized carbons (Fsp3) is 0.588. The number of hydrogen-bond donors (Lipinski definition) is 2. The Kier molecular flexibility index (Phi) is 4.15. The molecule has 0 radical (unpaired) electrons.